The zero-order valence-corrected chi connectivity index (χ0v) is 13.5. The second kappa shape index (κ2) is 6.60. The second-order valence-corrected chi connectivity index (χ2v) is 5.75. The maximum atomic E-state index is 12.3. The fourth-order valence-electron chi connectivity index (χ4n) is 2.86. The van der Waals surface area contributed by atoms with Crippen molar-refractivity contribution in [1.82, 2.24) is 25.1 Å². The monoisotopic (exact) mass is 331 g/mol. The summed E-state index contributed by atoms with van der Waals surface area (Å²) < 4.78 is 1.65. The highest BCUT2D eigenvalue weighted by Crippen LogP contribution is 2.17. The summed E-state index contributed by atoms with van der Waals surface area (Å²) in [5, 5.41) is 8.24. The Morgan fingerprint density at radius 1 is 1.12 bits per heavy atom. The molecule has 2 heterocycles. The fraction of sp³-hybridized carbons (Fsp3) is 0.105. The highest BCUT2D eigenvalue weighted by Gasteiger charge is 2.07. The summed E-state index contributed by atoms with van der Waals surface area (Å²) in [4.78, 5) is 19.4. The molecule has 25 heavy (non-hydrogen) atoms. The van der Waals surface area contributed by atoms with E-state index in [2.05, 4.69) is 26.4 Å². The summed E-state index contributed by atoms with van der Waals surface area (Å²) in [5.74, 6) is -0.0787. The molecule has 4 aromatic rings. The predicted molar refractivity (Wildman–Crippen MR) is 95.7 cm³/mol. The number of nitrogens with one attached hydrogen (secondary N) is 2. The molecule has 2 aromatic carbocycles. The zero-order valence-electron chi connectivity index (χ0n) is 13.5. The molecule has 2 N–H and O–H groups in total. The molecule has 0 unspecified atom stereocenters. The van der Waals surface area contributed by atoms with Gasteiger partial charge in [0.05, 0.1) is 5.69 Å². The standard InChI is InChI=1S/C19H17N5O/c25-19(14-5-7-16(8-6-14)24-13-20-12-23-24)21-10-9-15-11-22-18-4-2-1-3-17(15)18/h1-8,11-13,22H,9-10H2,(H,21,25). The average molecular weight is 331 g/mol. The first-order valence-corrected chi connectivity index (χ1v) is 8.09. The minimum atomic E-state index is -0.0787. The van der Waals surface area contributed by atoms with Crippen LogP contribution in [0.25, 0.3) is 16.6 Å². The molecule has 6 nitrogen and oxygen atoms in total. The topological polar surface area (TPSA) is 75.6 Å². The van der Waals surface area contributed by atoms with E-state index in [4.69, 9.17) is 0 Å². The van der Waals surface area contributed by atoms with E-state index in [1.165, 1.54) is 17.3 Å². The number of hydrogen-bond acceptors (Lipinski definition) is 3. The van der Waals surface area contributed by atoms with Gasteiger partial charge >= 0.3 is 0 Å². The summed E-state index contributed by atoms with van der Waals surface area (Å²) in [5.41, 5.74) is 3.82. The van der Waals surface area contributed by atoms with Gasteiger partial charge in [-0.05, 0) is 42.3 Å². The van der Waals surface area contributed by atoms with Crippen LogP contribution in [0.2, 0.25) is 0 Å². The molecule has 0 aliphatic carbocycles. The van der Waals surface area contributed by atoms with E-state index in [1.54, 1.807) is 23.1 Å². The fourth-order valence-corrected chi connectivity index (χ4v) is 2.86. The Morgan fingerprint density at radius 3 is 2.76 bits per heavy atom. The number of hydrogen-bond donors (Lipinski definition) is 2. The van der Waals surface area contributed by atoms with Crippen molar-refractivity contribution in [1.29, 1.82) is 0 Å². The third kappa shape index (κ3) is 3.14. The van der Waals surface area contributed by atoms with Crippen LogP contribution >= 0.6 is 0 Å². The number of aromatic nitrogens is 4. The summed E-state index contributed by atoms with van der Waals surface area (Å²) in [6.45, 7) is 0.589. The number of fused-ring (bicyclic) bond motifs is 1. The Kier molecular flexibility index (Phi) is 4.00. The Hall–Kier alpha value is -3.41. The molecule has 0 bridgehead atoms. The van der Waals surface area contributed by atoms with Gasteiger partial charge in [-0.2, -0.15) is 5.10 Å². The number of rotatable bonds is 5. The van der Waals surface area contributed by atoms with Crippen LogP contribution < -0.4 is 5.32 Å². The molecule has 0 aliphatic heterocycles. The first-order valence-electron chi connectivity index (χ1n) is 8.09. The minimum absolute atomic E-state index is 0.0787. The van der Waals surface area contributed by atoms with Gasteiger partial charge in [0.15, 0.2) is 0 Å². The van der Waals surface area contributed by atoms with E-state index < -0.39 is 0 Å². The quantitative estimate of drug-likeness (QED) is 0.590. The number of benzene rings is 2. The van der Waals surface area contributed by atoms with E-state index in [0.717, 1.165) is 17.6 Å². The van der Waals surface area contributed by atoms with Crippen molar-refractivity contribution in [2.24, 2.45) is 0 Å². The summed E-state index contributed by atoms with van der Waals surface area (Å²) in [6.07, 6.45) is 5.89. The van der Waals surface area contributed by atoms with Gasteiger partial charge in [-0.3, -0.25) is 4.79 Å². The lowest BCUT2D eigenvalue weighted by Crippen LogP contribution is -2.25. The highest BCUT2D eigenvalue weighted by molar-refractivity contribution is 5.94. The van der Waals surface area contributed by atoms with E-state index >= 15 is 0 Å². The van der Waals surface area contributed by atoms with E-state index in [9.17, 15) is 4.79 Å². The van der Waals surface area contributed by atoms with Crippen LogP contribution in [0.15, 0.2) is 67.4 Å². The van der Waals surface area contributed by atoms with E-state index in [-0.39, 0.29) is 5.91 Å². The zero-order chi connectivity index (χ0) is 17.1. The first kappa shape index (κ1) is 15.1. The highest BCUT2D eigenvalue weighted by atomic mass is 16.1. The Labute approximate surface area is 144 Å². The normalized spacial score (nSPS) is 10.9. The molecular weight excluding hydrogens is 314 g/mol. The van der Waals surface area contributed by atoms with Gasteiger partial charge < -0.3 is 10.3 Å². The predicted octanol–water partition coefficient (Wildman–Crippen LogP) is 2.72. The lowest BCUT2D eigenvalue weighted by Gasteiger charge is -2.06. The van der Waals surface area contributed by atoms with E-state index in [1.807, 2.05) is 36.5 Å². The minimum Gasteiger partial charge on any atom is -0.361 e. The van der Waals surface area contributed by atoms with Gasteiger partial charge in [0.2, 0.25) is 0 Å². The van der Waals surface area contributed by atoms with Crippen molar-refractivity contribution < 1.29 is 4.79 Å². The molecular formula is C19H17N5O. The number of amides is 1. The summed E-state index contributed by atoms with van der Waals surface area (Å²) >= 11 is 0. The molecule has 0 saturated heterocycles. The third-order valence-corrected chi connectivity index (χ3v) is 4.17. The lowest BCUT2D eigenvalue weighted by molar-refractivity contribution is 0.0954. The lowest BCUT2D eigenvalue weighted by atomic mass is 10.1. The molecule has 2 aromatic heterocycles. The van der Waals surface area contributed by atoms with Crippen LogP contribution in [-0.4, -0.2) is 32.2 Å². The average Bonchev–Trinajstić information content (AvgIpc) is 3.32. The molecule has 0 fully saturated rings. The van der Waals surface area contributed by atoms with Gasteiger partial charge in [0.25, 0.3) is 5.91 Å². The van der Waals surface area contributed by atoms with Crippen LogP contribution in [-0.2, 0) is 6.42 Å². The van der Waals surface area contributed by atoms with Crippen molar-refractivity contribution in [3.05, 3.63) is 78.5 Å². The van der Waals surface area contributed by atoms with Crippen molar-refractivity contribution in [3.8, 4) is 5.69 Å². The van der Waals surface area contributed by atoms with Gasteiger partial charge in [0.1, 0.15) is 12.7 Å². The number of carbonyl (C=O) groups excluding carboxylic acids is 1. The van der Waals surface area contributed by atoms with Crippen molar-refractivity contribution in [2.75, 3.05) is 6.54 Å². The second-order valence-electron chi connectivity index (χ2n) is 5.75. The van der Waals surface area contributed by atoms with Crippen LogP contribution in [0.3, 0.4) is 0 Å². The summed E-state index contributed by atoms with van der Waals surface area (Å²) in [7, 11) is 0. The smallest absolute Gasteiger partial charge is 0.251 e. The Morgan fingerprint density at radius 2 is 1.96 bits per heavy atom. The largest absolute Gasteiger partial charge is 0.361 e. The molecule has 0 spiro atoms. The number of aromatic amines is 1. The molecule has 0 aliphatic rings. The Bertz CT molecular complexity index is 986. The SMILES string of the molecule is O=C(NCCc1c[nH]c2ccccc12)c1ccc(-n2cncn2)cc1. The maximum absolute atomic E-state index is 12.3. The third-order valence-electron chi connectivity index (χ3n) is 4.17. The van der Waals surface area contributed by atoms with Crippen LogP contribution in [0.5, 0.6) is 0 Å². The van der Waals surface area contributed by atoms with Gasteiger partial charge in [0, 0.05) is 29.2 Å². The number of H-pyrrole nitrogens is 1. The molecule has 0 saturated carbocycles. The number of carbonyl (C=O) groups is 1. The number of para-hydroxylation sites is 1. The first-order chi connectivity index (χ1) is 12.3. The van der Waals surface area contributed by atoms with Gasteiger partial charge in [-0.25, -0.2) is 9.67 Å². The molecule has 124 valence electrons. The number of nitrogens with zero attached hydrogens (tertiary/aromatic N) is 3. The molecule has 0 atom stereocenters. The van der Waals surface area contributed by atoms with Crippen molar-refractivity contribution in [2.45, 2.75) is 6.42 Å². The molecule has 1 amide bonds. The van der Waals surface area contributed by atoms with Crippen molar-refractivity contribution in [3.63, 3.8) is 0 Å². The van der Waals surface area contributed by atoms with E-state index in [0.29, 0.717) is 12.1 Å². The summed E-state index contributed by atoms with van der Waals surface area (Å²) in [6, 6.07) is 15.4. The van der Waals surface area contributed by atoms with Gasteiger partial charge in [-0.15, -0.1) is 0 Å². The van der Waals surface area contributed by atoms with Crippen LogP contribution in [0.1, 0.15) is 15.9 Å². The Balaban J connectivity index is 1.37. The van der Waals surface area contributed by atoms with Crippen LogP contribution in [0.4, 0.5) is 0 Å². The molecule has 4 rings (SSSR count). The van der Waals surface area contributed by atoms with Crippen LogP contribution in [0, 0.1) is 0 Å². The van der Waals surface area contributed by atoms with Gasteiger partial charge in [-0.1, -0.05) is 18.2 Å². The molecule has 0 radical (unpaired) electrons. The van der Waals surface area contributed by atoms with Crippen molar-refractivity contribution >= 4 is 16.8 Å². The maximum Gasteiger partial charge on any atom is 0.251 e. The molecule has 6 heteroatoms.